The van der Waals surface area contributed by atoms with Crippen molar-refractivity contribution in [1.82, 2.24) is 14.7 Å². The highest BCUT2D eigenvalue weighted by atomic mass is 79.9. The lowest BCUT2D eigenvalue weighted by Gasteiger charge is -2.32. The number of nitrogens with zero attached hydrogens (tertiary/aromatic N) is 4. The van der Waals surface area contributed by atoms with E-state index in [2.05, 4.69) is 26.0 Å². The van der Waals surface area contributed by atoms with Crippen LogP contribution < -0.4 is 5.73 Å². The fourth-order valence-electron chi connectivity index (χ4n) is 2.41. The second-order valence-electron chi connectivity index (χ2n) is 5.52. The zero-order chi connectivity index (χ0) is 15.9. The van der Waals surface area contributed by atoms with Crippen molar-refractivity contribution in [2.45, 2.75) is 18.9 Å². The zero-order valence-electron chi connectivity index (χ0n) is 12.3. The molecule has 114 valence electrons. The predicted molar refractivity (Wildman–Crippen MR) is 87.6 cm³/mol. The van der Waals surface area contributed by atoms with E-state index < -0.39 is 5.54 Å². The fourth-order valence-corrected chi connectivity index (χ4v) is 2.68. The van der Waals surface area contributed by atoms with Crippen LogP contribution in [-0.4, -0.2) is 33.6 Å². The number of benzene rings is 1. The summed E-state index contributed by atoms with van der Waals surface area (Å²) < 4.78 is 2.77. The van der Waals surface area contributed by atoms with E-state index in [9.17, 15) is 4.79 Å². The number of halogens is 1. The Morgan fingerprint density at radius 2 is 2.00 bits per heavy atom. The molecule has 0 fully saturated rings. The SMILES string of the molecule is CN1C(=O)C[C@@](C)(c2cnn(-c3ccc(Br)cc3)c2)N=C1N. The number of guanidine groups is 1. The first-order valence-electron chi connectivity index (χ1n) is 6.82. The molecule has 0 saturated carbocycles. The van der Waals surface area contributed by atoms with Gasteiger partial charge in [-0.2, -0.15) is 5.10 Å². The third kappa shape index (κ3) is 2.52. The van der Waals surface area contributed by atoms with Crippen LogP contribution in [0.25, 0.3) is 5.69 Å². The molecule has 1 amide bonds. The Morgan fingerprint density at radius 3 is 2.64 bits per heavy atom. The van der Waals surface area contributed by atoms with Crippen molar-refractivity contribution in [1.29, 1.82) is 0 Å². The minimum Gasteiger partial charge on any atom is -0.369 e. The van der Waals surface area contributed by atoms with Gasteiger partial charge in [0.05, 0.1) is 23.8 Å². The van der Waals surface area contributed by atoms with Crippen LogP contribution in [0.4, 0.5) is 0 Å². The lowest BCUT2D eigenvalue weighted by molar-refractivity contribution is -0.128. The van der Waals surface area contributed by atoms with Crippen LogP contribution in [0.3, 0.4) is 0 Å². The van der Waals surface area contributed by atoms with E-state index in [1.165, 1.54) is 4.90 Å². The first kappa shape index (κ1) is 14.8. The molecular formula is C15H16BrN5O. The Bertz CT molecular complexity index is 752. The second kappa shape index (κ2) is 5.24. The summed E-state index contributed by atoms with van der Waals surface area (Å²) >= 11 is 3.41. The average Bonchev–Trinajstić information content (AvgIpc) is 2.96. The molecule has 7 heteroatoms. The number of hydrogen-bond donors (Lipinski definition) is 1. The van der Waals surface area contributed by atoms with Crippen LogP contribution in [-0.2, 0) is 10.3 Å². The Labute approximate surface area is 136 Å². The van der Waals surface area contributed by atoms with Gasteiger partial charge >= 0.3 is 0 Å². The molecule has 1 aromatic heterocycles. The van der Waals surface area contributed by atoms with Gasteiger partial charge in [0.1, 0.15) is 0 Å². The first-order chi connectivity index (χ1) is 10.4. The maximum Gasteiger partial charge on any atom is 0.231 e. The normalized spacial score (nSPS) is 21.9. The highest BCUT2D eigenvalue weighted by Crippen LogP contribution is 2.32. The number of carbonyl (C=O) groups is 1. The molecule has 0 bridgehead atoms. The molecule has 2 aromatic rings. The minimum atomic E-state index is -0.679. The van der Waals surface area contributed by atoms with Crippen LogP contribution in [0.2, 0.25) is 0 Å². The van der Waals surface area contributed by atoms with Crippen molar-refractivity contribution in [3.63, 3.8) is 0 Å². The molecule has 0 unspecified atom stereocenters. The van der Waals surface area contributed by atoms with Gasteiger partial charge < -0.3 is 5.73 Å². The van der Waals surface area contributed by atoms with E-state index in [-0.39, 0.29) is 18.3 Å². The van der Waals surface area contributed by atoms with Crippen molar-refractivity contribution in [2.24, 2.45) is 10.7 Å². The third-order valence-electron chi connectivity index (χ3n) is 3.87. The fraction of sp³-hybridized carbons (Fsp3) is 0.267. The average molecular weight is 362 g/mol. The number of hydrogen-bond acceptors (Lipinski definition) is 4. The summed E-state index contributed by atoms with van der Waals surface area (Å²) in [4.78, 5) is 17.9. The van der Waals surface area contributed by atoms with Gasteiger partial charge in [-0.3, -0.25) is 9.69 Å². The van der Waals surface area contributed by atoms with Crippen LogP contribution in [0.1, 0.15) is 18.9 Å². The molecule has 1 aliphatic heterocycles. The highest BCUT2D eigenvalue weighted by molar-refractivity contribution is 9.10. The van der Waals surface area contributed by atoms with Crippen LogP contribution in [0, 0.1) is 0 Å². The van der Waals surface area contributed by atoms with E-state index in [0.29, 0.717) is 0 Å². The van der Waals surface area contributed by atoms with Crippen molar-refractivity contribution in [3.8, 4) is 5.69 Å². The monoisotopic (exact) mass is 361 g/mol. The van der Waals surface area contributed by atoms with Gasteiger partial charge in [-0.05, 0) is 31.2 Å². The molecular weight excluding hydrogens is 346 g/mol. The van der Waals surface area contributed by atoms with E-state index in [1.807, 2.05) is 37.4 Å². The second-order valence-corrected chi connectivity index (χ2v) is 6.44. The molecule has 22 heavy (non-hydrogen) atoms. The zero-order valence-corrected chi connectivity index (χ0v) is 13.9. The highest BCUT2D eigenvalue weighted by Gasteiger charge is 2.37. The lowest BCUT2D eigenvalue weighted by Crippen LogP contribution is -2.47. The van der Waals surface area contributed by atoms with Crippen molar-refractivity contribution >= 4 is 27.8 Å². The van der Waals surface area contributed by atoms with Gasteiger partial charge in [-0.25, -0.2) is 9.67 Å². The summed E-state index contributed by atoms with van der Waals surface area (Å²) in [5, 5.41) is 4.37. The van der Waals surface area contributed by atoms with Crippen molar-refractivity contribution in [2.75, 3.05) is 7.05 Å². The molecule has 2 N–H and O–H groups in total. The van der Waals surface area contributed by atoms with Gasteiger partial charge in [0.2, 0.25) is 5.91 Å². The molecule has 1 atom stereocenters. The van der Waals surface area contributed by atoms with Gasteiger partial charge in [0, 0.05) is 23.3 Å². The minimum absolute atomic E-state index is 0.0496. The number of carbonyl (C=O) groups excluding carboxylic acids is 1. The Kier molecular flexibility index (Phi) is 3.52. The summed E-state index contributed by atoms with van der Waals surface area (Å²) in [6, 6.07) is 7.82. The number of amides is 1. The Hall–Kier alpha value is -2.15. The van der Waals surface area contributed by atoms with Gasteiger partial charge in [0.15, 0.2) is 5.96 Å². The van der Waals surface area contributed by atoms with Crippen LogP contribution in [0.15, 0.2) is 46.1 Å². The van der Waals surface area contributed by atoms with Crippen molar-refractivity contribution < 1.29 is 4.79 Å². The van der Waals surface area contributed by atoms with Gasteiger partial charge in [-0.1, -0.05) is 15.9 Å². The van der Waals surface area contributed by atoms with Crippen LogP contribution >= 0.6 is 15.9 Å². The molecule has 0 spiro atoms. The van der Waals surface area contributed by atoms with Crippen molar-refractivity contribution in [3.05, 3.63) is 46.7 Å². The largest absolute Gasteiger partial charge is 0.369 e. The smallest absolute Gasteiger partial charge is 0.231 e. The summed E-state index contributed by atoms with van der Waals surface area (Å²) in [5.74, 6) is 0.182. The van der Waals surface area contributed by atoms with E-state index in [1.54, 1.807) is 17.9 Å². The molecule has 0 saturated heterocycles. The lowest BCUT2D eigenvalue weighted by atomic mass is 9.90. The van der Waals surface area contributed by atoms with E-state index in [0.717, 1.165) is 15.7 Å². The molecule has 1 aliphatic rings. The molecule has 0 aliphatic carbocycles. The summed E-state index contributed by atoms with van der Waals surface area (Å²) in [7, 11) is 1.63. The standard InChI is InChI=1S/C15H16BrN5O/c1-15(7-13(22)20(2)14(17)19-15)10-8-18-21(9-10)12-5-3-11(16)4-6-12/h3-6,8-9H,7H2,1-2H3,(H2,17,19)/t15-/m0/s1. The maximum atomic E-state index is 12.0. The number of aliphatic imine (C=N–C) groups is 1. The van der Waals surface area contributed by atoms with E-state index >= 15 is 0 Å². The Morgan fingerprint density at radius 1 is 1.32 bits per heavy atom. The van der Waals surface area contributed by atoms with E-state index in [4.69, 9.17) is 5.73 Å². The van der Waals surface area contributed by atoms with Gasteiger partial charge in [0.25, 0.3) is 0 Å². The molecule has 6 nitrogen and oxygen atoms in total. The molecule has 2 heterocycles. The summed E-state index contributed by atoms with van der Waals surface area (Å²) in [6.07, 6.45) is 3.90. The third-order valence-corrected chi connectivity index (χ3v) is 4.40. The molecule has 0 radical (unpaired) electrons. The quantitative estimate of drug-likeness (QED) is 0.888. The molecule has 3 rings (SSSR count). The topological polar surface area (TPSA) is 76.5 Å². The summed E-state index contributed by atoms with van der Waals surface area (Å²) in [6.45, 7) is 1.90. The predicted octanol–water partition coefficient (Wildman–Crippen LogP) is 2.03. The van der Waals surface area contributed by atoms with Crippen LogP contribution in [0.5, 0.6) is 0 Å². The summed E-state index contributed by atoms with van der Waals surface area (Å²) in [5.41, 5.74) is 6.96. The number of aromatic nitrogens is 2. The maximum absolute atomic E-state index is 12.0. The molecule has 1 aromatic carbocycles. The number of rotatable bonds is 2. The first-order valence-corrected chi connectivity index (χ1v) is 7.61. The Balaban J connectivity index is 1.97. The van der Waals surface area contributed by atoms with Gasteiger partial charge in [-0.15, -0.1) is 0 Å². The number of nitrogens with two attached hydrogens (primary N) is 1.